The second kappa shape index (κ2) is 5.60. The van der Waals surface area contributed by atoms with E-state index in [2.05, 4.69) is 34.9 Å². The number of benzene rings is 2. The zero-order valence-corrected chi connectivity index (χ0v) is 12.4. The van der Waals surface area contributed by atoms with Gasteiger partial charge in [-0.1, -0.05) is 30.3 Å². The van der Waals surface area contributed by atoms with Crippen molar-refractivity contribution >= 4 is 11.6 Å². The lowest BCUT2D eigenvalue weighted by molar-refractivity contribution is 0.0962. The number of rotatable bonds is 3. The summed E-state index contributed by atoms with van der Waals surface area (Å²) in [6.45, 7) is 2.00. The molecule has 21 heavy (non-hydrogen) atoms. The molecule has 0 saturated heterocycles. The van der Waals surface area contributed by atoms with Gasteiger partial charge in [0.15, 0.2) is 0 Å². The van der Waals surface area contributed by atoms with Gasteiger partial charge in [-0.05, 0) is 48.6 Å². The van der Waals surface area contributed by atoms with Gasteiger partial charge in [-0.15, -0.1) is 0 Å². The monoisotopic (exact) mass is 280 g/mol. The Bertz CT molecular complexity index is 654. The van der Waals surface area contributed by atoms with Gasteiger partial charge in [0.05, 0.1) is 0 Å². The molecule has 3 rings (SSSR count). The third-order valence-corrected chi connectivity index (χ3v) is 4.22. The number of fused-ring (bicyclic) bond motifs is 1. The fourth-order valence-electron chi connectivity index (χ4n) is 3.05. The van der Waals surface area contributed by atoms with Crippen LogP contribution in [0, 0.1) is 6.92 Å². The summed E-state index contributed by atoms with van der Waals surface area (Å²) in [6, 6.07) is 14.8. The molecular weight excluding hydrogens is 260 g/mol. The van der Waals surface area contributed by atoms with E-state index in [1.54, 1.807) is 7.05 Å². The van der Waals surface area contributed by atoms with Gasteiger partial charge in [-0.3, -0.25) is 4.79 Å². The lowest BCUT2D eigenvalue weighted by Crippen LogP contribution is -2.22. The van der Waals surface area contributed by atoms with Gasteiger partial charge in [0.25, 0.3) is 5.91 Å². The van der Waals surface area contributed by atoms with Crippen LogP contribution in [0.4, 0.5) is 5.69 Å². The van der Waals surface area contributed by atoms with E-state index in [9.17, 15) is 4.79 Å². The third-order valence-electron chi connectivity index (χ3n) is 4.22. The maximum absolute atomic E-state index is 11.9. The molecule has 3 nitrogen and oxygen atoms in total. The van der Waals surface area contributed by atoms with Crippen LogP contribution in [0.15, 0.2) is 42.5 Å². The number of nitrogens with one attached hydrogen (secondary N) is 2. The predicted octanol–water partition coefficient (Wildman–Crippen LogP) is 2.93. The van der Waals surface area contributed by atoms with Gasteiger partial charge < -0.3 is 10.6 Å². The first kappa shape index (κ1) is 13.7. The molecule has 0 atom stereocenters. The second-order valence-electron chi connectivity index (χ2n) is 5.58. The average molecular weight is 280 g/mol. The molecule has 0 aromatic heterocycles. The highest BCUT2D eigenvalue weighted by atomic mass is 16.1. The minimum atomic E-state index is -0.0362. The Morgan fingerprint density at radius 1 is 1.05 bits per heavy atom. The second-order valence-corrected chi connectivity index (χ2v) is 5.58. The Morgan fingerprint density at radius 2 is 1.71 bits per heavy atom. The van der Waals surface area contributed by atoms with Crippen LogP contribution in [0.1, 0.15) is 27.0 Å². The van der Waals surface area contributed by atoms with Crippen LogP contribution < -0.4 is 10.6 Å². The maximum Gasteiger partial charge on any atom is 0.251 e. The zero-order chi connectivity index (χ0) is 14.8. The molecule has 0 heterocycles. The van der Waals surface area contributed by atoms with Gasteiger partial charge in [0, 0.05) is 24.3 Å². The summed E-state index contributed by atoms with van der Waals surface area (Å²) in [5, 5.41) is 6.29. The van der Waals surface area contributed by atoms with Gasteiger partial charge in [-0.2, -0.15) is 0 Å². The number of hydrogen-bond acceptors (Lipinski definition) is 2. The molecule has 0 saturated carbocycles. The van der Waals surface area contributed by atoms with E-state index < -0.39 is 0 Å². The van der Waals surface area contributed by atoms with Crippen LogP contribution >= 0.6 is 0 Å². The van der Waals surface area contributed by atoms with Crippen LogP contribution in [0.25, 0.3) is 0 Å². The predicted molar refractivity (Wildman–Crippen MR) is 85.8 cm³/mol. The summed E-state index contributed by atoms with van der Waals surface area (Å²) in [7, 11) is 1.66. The molecule has 0 bridgehead atoms. The minimum absolute atomic E-state index is 0.0362. The number of carbonyl (C=O) groups is 1. The molecule has 2 N–H and O–H groups in total. The molecule has 0 fully saturated rings. The summed E-state index contributed by atoms with van der Waals surface area (Å²) in [6.07, 6.45) is 2.08. The van der Waals surface area contributed by atoms with Crippen molar-refractivity contribution in [3.8, 4) is 0 Å². The molecule has 1 amide bonds. The lowest BCUT2D eigenvalue weighted by Gasteiger charge is -2.17. The fourth-order valence-corrected chi connectivity index (χ4v) is 3.05. The summed E-state index contributed by atoms with van der Waals surface area (Å²) >= 11 is 0. The van der Waals surface area contributed by atoms with E-state index in [0.717, 1.165) is 29.7 Å². The molecule has 0 unspecified atom stereocenters. The molecule has 2 aromatic carbocycles. The van der Waals surface area contributed by atoms with Crippen molar-refractivity contribution in [1.82, 2.24) is 5.32 Å². The van der Waals surface area contributed by atoms with E-state index in [0.29, 0.717) is 6.04 Å². The zero-order valence-electron chi connectivity index (χ0n) is 12.4. The highest BCUT2D eigenvalue weighted by Gasteiger charge is 2.21. The number of carbonyl (C=O) groups excluding carboxylic acids is 1. The molecule has 3 heteroatoms. The van der Waals surface area contributed by atoms with Crippen LogP contribution in [0.3, 0.4) is 0 Å². The summed E-state index contributed by atoms with van der Waals surface area (Å²) in [5.41, 5.74) is 5.64. The number of hydrogen-bond donors (Lipinski definition) is 2. The molecular formula is C18H20N2O. The van der Waals surface area contributed by atoms with Crippen LogP contribution in [0.5, 0.6) is 0 Å². The summed E-state index contributed by atoms with van der Waals surface area (Å²) in [5.74, 6) is -0.0362. The third kappa shape index (κ3) is 2.64. The molecule has 108 valence electrons. The van der Waals surface area contributed by atoms with E-state index in [1.165, 1.54) is 11.1 Å². The van der Waals surface area contributed by atoms with Gasteiger partial charge in [0.1, 0.15) is 0 Å². The number of amides is 1. The van der Waals surface area contributed by atoms with Crippen molar-refractivity contribution in [2.75, 3.05) is 12.4 Å². The number of anilines is 1. The summed E-state index contributed by atoms with van der Waals surface area (Å²) in [4.78, 5) is 11.9. The van der Waals surface area contributed by atoms with Gasteiger partial charge in [0.2, 0.25) is 0 Å². The lowest BCUT2D eigenvalue weighted by atomic mass is 10.0. The molecule has 1 aliphatic rings. The highest BCUT2D eigenvalue weighted by molar-refractivity contribution is 5.96. The molecule has 2 aromatic rings. The Balaban J connectivity index is 1.79. The van der Waals surface area contributed by atoms with Crippen LogP contribution in [-0.2, 0) is 12.8 Å². The first-order valence-electron chi connectivity index (χ1n) is 7.34. The maximum atomic E-state index is 11.9. The highest BCUT2D eigenvalue weighted by Crippen LogP contribution is 2.26. The van der Waals surface area contributed by atoms with Crippen molar-refractivity contribution in [1.29, 1.82) is 0 Å². The molecule has 0 spiro atoms. The summed E-state index contributed by atoms with van der Waals surface area (Å²) < 4.78 is 0. The van der Waals surface area contributed by atoms with Crippen LogP contribution in [0.2, 0.25) is 0 Å². The van der Waals surface area contributed by atoms with Crippen molar-refractivity contribution in [2.24, 2.45) is 0 Å². The fraction of sp³-hybridized carbons (Fsp3) is 0.278. The van der Waals surface area contributed by atoms with E-state index in [1.807, 2.05) is 25.1 Å². The van der Waals surface area contributed by atoms with Crippen LogP contribution in [-0.4, -0.2) is 19.0 Å². The molecule has 0 radical (unpaired) electrons. The van der Waals surface area contributed by atoms with Crippen molar-refractivity contribution in [3.63, 3.8) is 0 Å². The largest absolute Gasteiger partial charge is 0.381 e. The Morgan fingerprint density at radius 3 is 2.33 bits per heavy atom. The molecule has 1 aliphatic carbocycles. The smallest absolute Gasteiger partial charge is 0.251 e. The minimum Gasteiger partial charge on any atom is -0.381 e. The standard InChI is InChI=1S/C18H20N2O/c1-12-16(18(21)19-2)8-5-9-17(12)20-15-10-13-6-3-4-7-14(13)11-15/h3-9,15,20H,10-11H2,1-2H3,(H,19,21). The van der Waals surface area contributed by atoms with Crippen molar-refractivity contribution in [2.45, 2.75) is 25.8 Å². The van der Waals surface area contributed by atoms with E-state index in [4.69, 9.17) is 0 Å². The van der Waals surface area contributed by atoms with Gasteiger partial charge >= 0.3 is 0 Å². The SMILES string of the molecule is CNC(=O)c1cccc(NC2Cc3ccccc3C2)c1C. The normalized spacial score (nSPS) is 13.8. The average Bonchev–Trinajstić information content (AvgIpc) is 2.91. The van der Waals surface area contributed by atoms with Crippen molar-refractivity contribution < 1.29 is 4.79 Å². The van der Waals surface area contributed by atoms with Gasteiger partial charge in [-0.25, -0.2) is 0 Å². The van der Waals surface area contributed by atoms with Crippen molar-refractivity contribution in [3.05, 3.63) is 64.7 Å². The molecule has 0 aliphatic heterocycles. The first-order chi connectivity index (χ1) is 10.2. The van der Waals surface area contributed by atoms with E-state index in [-0.39, 0.29) is 5.91 Å². The Kier molecular flexibility index (Phi) is 3.65. The van der Waals surface area contributed by atoms with E-state index >= 15 is 0 Å². The first-order valence-corrected chi connectivity index (χ1v) is 7.34. The topological polar surface area (TPSA) is 41.1 Å². The Labute approximate surface area is 125 Å². The quantitative estimate of drug-likeness (QED) is 0.907. The Hall–Kier alpha value is -2.29.